The van der Waals surface area contributed by atoms with Crippen molar-refractivity contribution in [1.82, 2.24) is 15.0 Å². The van der Waals surface area contributed by atoms with E-state index in [-0.39, 0.29) is 5.69 Å². The molecule has 0 bridgehead atoms. The second-order valence-corrected chi connectivity index (χ2v) is 3.67. The topological polar surface area (TPSA) is 30.7 Å². The van der Waals surface area contributed by atoms with Crippen molar-refractivity contribution >= 4 is 0 Å². The molecular weight excluding hydrogens is 233 g/mol. The van der Waals surface area contributed by atoms with Crippen molar-refractivity contribution in [3.05, 3.63) is 11.4 Å². The Bertz CT molecular complexity index is 380. The fourth-order valence-electron chi connectivity index (χ4n) is 1.37. The van der Waals surface area contributed by atoms with E-state index in [0.717, 1.165) is 4.68 Å². The molecule has 0 spiro atoms. The molecule has 0 unspecified atom stereocenters. The highest BCUT2D eigenvalue weighted by Crippen LogP contribution is 2.45. The van der Waals surface area contributed by atoms with Gasteiger partial charge < -0.3 is 0 Å². The standard InChI is InChI=1S/C8H10F5N3/c1-4(2)5-6(14-15-16(5)3)7(9,10)8(11,12)13/h4H,1-3H3. The van der Waals surface area contributed by atoms with Crippen LogP contribution in [0.1, 0.15) is 31.2 Å². The van der Waals surface area contributed by atoms with E-state index in [2.05, 4.69) is 10.3 Å². The third-order valence-electron chi connectivity index (χ3n) is 2.07. The zero-order valence-electron chi connectivity index (χ0n) is 8.81. The van der Waals surface area contributed by atoms with Crippen LogP contribution in [0.5, 0.6) is 0 Å². The Morgan fingerprint density at radius 2 is 1.62 bits per heavy atom. The molecule has 1 aromatic heterocycles. The van der Waals surface area contributed by atoms with Crippen molar-refractivity contribution in [2.45, 2.75) is 31.9 Å². The summed E-state index contributed by atoms with van der Waals surface area (Å²) in [6, 6.07) is 0. The molecule has 0 radical (unpaired) electrons. The highest BCUT2D eigenvalue weighted by Gasteiger charge is 2.61. The van der Waals surface area contributed by atoms with Crippen LogP contribution in [0.4, 0.5) is 22.0 Å². The van der Waals surface area contributed by atoms with Crippen LogP contribution in [0.2, 0.25) is 0 Å². The molecule has 1 aromatic rings. The van der Waals surface area contributed by atoms with Gasteiger partial charge in [0, 0.05) is 7.05 Å². The third kappa shape index (κ3) is 1.88. The van der Waals surface area contributed by atoms with Gasteiger partial charge in [-0.25, -0.2) is 0 Å². The summed E-state index contributed by atoms with van der Waals surface area (Å²) in [5, 5.41) is 6.12. The van der Waals surface area contributed by atoms with Crippen molar-refractivity contribution in [2.75, 3.05) is 0 Å². The second-order valence-electron chi connectivity index (χ2n) is 3.67. The molecule has 0 aliphatic heterocycles. The van der Waals surface area contributed by atoms with Gasteiger partial charge in [-0.3, -0.25) is 4.68 Å². The molecule has 8 heteroatoms. The van der Waals surface area contributed by atoms with E-state index in [1.807, 2.05) is 0 Å². The molecule has 0 N–H and O–H groups in total. The van der Waals surface area contributed by atoms with Crippen LogP contribution in [0.25, 0.3) is 0 Å². The summed E-state index contributed by atoms with van der Waals surface area (Å²) in [5.74, 6) is -5.50. The van der Waals surface area contributed by atoms with Crippen LogP contribution < -0.4 is 0 Å². The molecule has 1 rings (SSSR count). The zero-order valence-corrected chi connectivity index (χ0v) is 8.81. The first kappa shape index (κ1) is 12.9. The van der Waals surface area contributed by atoms with Crippen LogP contribution in [0, 0.1) is 0 Å². The van der Waals surface area contributed by atoms with Crippen LogP contribution in [-0.4, -0.2) is 21.2 Å². The predicted octanol–water partition coefficient (Wildman–Crippen LogP) is 2.59. The molecule has 0 fully saturated rings. The quantitative estimate of drug-likeness (QED) is 0.747. The van der Waals surface area contributed by atoms with Gasteiger partial charge in [-0.1, -0.05) is 19.1 Å². The van der Waals surface area contributed by atoms with Gasteiger partial charge in [-0.2, -0.15) is 22.0 Å². The van der Waals surface area contributed by atoms with E-state index >= 15 is 0 Å². The minimum absolute atomic E-state index is 0.220. The Kier molecular flexibility index (Phi) is 2.95. The molecule has 1 heterocycles. The number of rotatable bonds is 2. The number of alkyl halides is 5. The summed E-state index contributed by atoms with van der Waals surface area (Å²) in [6.07, 6.45) is -5.66. The smallest absolute Gasteiger partial charge is 0.252 e. The van der Waals surface area contributed by atoms with E-state index in [1.165, 1.54) is 20.9 Å². The first-order valence-electron chi connectivity index (χ1n) is 4.43. The number of aryl methyl sites for hydroxylation is 1. The van der Waals surface area contributed by atoms with Crippen LogP contribution in [0.15, 0.2) is 0 Å². The average molecular weight is 243 g/mol. The molecule has 16 heavy (non-hydrogen) atoms. The van der Waals surface area contributed by atoms with E-state index in [4.69, 9.17) is 0 Å². The number of hydrogen-bond donors (Lipinski definition) is 0. The molecule has 0 saturated heterocycles. The lowest BCUT2D eigenvalue weighted by molar-refractivity contribution is -0.291. The highest BCUT2D eigenvalue weighted by molar-refractivity contribution is 5.20. The van der Waals surface area contributed by atoms with Crippen LogP contribution in [0.3, 0.4) is 0 Å². The van der Waals surface area contributed by atoms with Crippen molar-refractivity contribution in [1.29, 1.82) is 0 Å². The van der Waals surface area contributed by atoms with Gasteiger partial charge in [0.2, 0.25) is 0 Å². The predicted molar refractivity (Wildman–Crippen MR) is 45.0 cm³/mol. The Hall–Kier alpha value is -1.21. The molecule has 0 aromatic carbocycles. The Morgan fingerprint density at radius 3 is 2.00 bits per heavy atom. The largest absolute Gasteiger partial charge is 0.459 e. The average Bonchev–Trinajstić information content (AvgIpc) is 2.45. The summed E-state index contributed by atoms with van der Waals surface area (Å²) >= 11 is 0. The van der Waals surface area contributed by atoms with Crippen LogP contribution >= 0.6 is 0 Å². The summed E-state index contributed by atoms with van der Waals surface area (Å²) < 4.78 is 63.5. The van der Waals surface area contributed by atoms with Gasteiger partial charge in [-0.15, -0.1) is 5.10 Å². The maximum atomic E-state index is 13.1. The van der Waals surface area contributed by atoms with Gasteiger partial charge >= 0.3 is 12.1 Å². The molecular formula is C8H10F5N3. The van der Waals surface area contributed by atoms with E-state index in [0.29, 0.717) is 0 Å². The maximum absolute atomic E-state index is 13.1. The number of halogens is 5. The Morgan fingerprint density at radius 1 is 1.12 bits per heavy atom. The fraction of sp³-hybridized carbons (Fsp3) is 0.750. The highest BCUT2D eigenvalue weighted by atomic mass is 19.4. The van der Waals surface area contributed by atoms with Gasteiger partial charge in [0.1, 0.15) is 0 Å². The van der Waals surface area contributed by atoms with Crippen molar-refractivity contribution < 1.29 is 22.0 Å². The summed E-state index contributed by atoms with van der Waals surface area (Å²) in [5.41, 5.74) is -1.54. The second kappa shape index (κ2) is 3.67. The lowest BCUT2D eigenvalue weighted by atomic mass is 10.0. The summed E-state index contributed by atoms with van der Waals surface area (Å²) in [6.45, 7) is 2.99. The van der Waals surface area contributed by atoms with Crippen molar-refractivity contribution in [3.63, 3.8) is 0 Å². The molecule has 0 saturated carbocycles. The van der Waals surface area contributed by atoms with E-state index in [1.54, 1.807) is 0 Å². The lowest BCUT2D eigenvalue weighted by Gasteiger charge is -2.19. The normalized spacial score (nSPS) is 13.6. The maximum Gasteiger partial charge on any atom is 0.459 e. The first-order chi connectivity index (χ1) is 7.09. The minimum Gasteiger partial charge on any atom is -0.252 e. The van der Waals surface area contributed by atoms with Crippen molar-refractivity contribution in [2.24, 2.45) is 7.05 Å². The first-order valence-corrected chi connectivity index (χ1v) is 4.43. The Balaban J connectivity index is 3.34. The molecule has 3 nitrogen and oxygen atoms in total. The van der Waals surface area contributed by atoms with Gasteiger partial charge in [0.05, 0.1) is 5.69 Å². The SMILES string of the molecule is CC(C)c1c(C(F)(F)C(F)(F)F)nnn1C. The van der Waals surface area contributed by atoms with Gasteiger partial charge in [0.15, 0.2) is 5.69 Å². The molecule has 92 valence electrons. The van der Waals surface area contributed by atoms with Crippen LogP contribution in [-0.2, 0) is 13.0 Å². The van der Waals surface area contributed by atoms with E-state index in [9.17, 15) is 22.0 Å². The lowest BCUT2D eigenvalue weighted by Crippen LogP contribution is -2.35. The number of aromatic nitrogens is 3. The van der Waals surface area contributed by atoms with Gasteiger partial charge in [0.25, 0.3) is 0 Å². The molecule has 0 aliphatic carbocycles. The fourth-order valence-corrected chi connectivity index (χ4v) is 1.37. The number of nitrogens with zero attached hydrogens (tertiary/aromatic N) is 3. The molecule has 0 atom stereocenters. The Labute approximate surface area is 88.2 Å². The van der Waals surface area contributed by atoms with E-state index < -0.39 is 23.7 Å². The third-order valence-corrected chi connectivity index (χ3v) is 2.07. The molecule has 0 aliphatic rings. The minimum atomic E-state index is -5.66. The summed E-state index contributed by atoms with van der Waals surface area (Å²) in [4.78, 5) is 0. The van der Waals surface area contributed by atoms with Gasteiger partial charge in [-0.05, 0) is 5.92 Å². The number of hydrogen-bond acceptors (Lipinski definition) is 2. The van der Waals surface area contributed by atoms with Crippen molar-refractivity contribution in [3.8, 4) is 0 Å². The summed E-state index contributed by atoms with van der Waals surface area (Å²) in [7, 11) is 1.28. The zero-order chi connectivity index (χ0) is 12.7. The monoisotopic (exact) mass is 243 g/mol. The molecule has 0 amide bonds.